The molecule has 18 heavy (non-hydrogen) atoms. The molecule has 2 N–H and O–H groups in total. The van der Waals surface area contributed by atoms with E-state index in [0.717, 1.165) is 5.56 Å². The van der Waals surface area contributed by atoms with Gasteiger partial charge in [-0.3, -0.25) is 0 Å². The van der Waals surface area contributed by atoms with Crippen LogP contribution in [0.2, 0.25) is 10.0 Å². The van der Waals surface area contributed by atoms with Gasteiger partial charge in [-0.1, -0.05) is 29.3 Å². The van der Waals surface area contributed by atoms with Crippen molar-refractivity contribution in [2.75, 3.05) is 6.54 Å². The average Bonchev–Trinajstić information content (AvgIpc) is 2.35. The Hall–Kier alpha value is -1.09. The third kappa shape index (κ3) is 2.83. The molecule has 94 valence electrons. The second kappa shape index (κ2) is 5.70. The van der Waals surface area contributed by atoms with Crippen LogP contribution in [0.4, 0.5) is 4.39 Å². The van der Waals surface area contributed by atoms with Crippen molar-refractivity contribution >= 4 is 23.2 Å². The molecule has 0 aliphatic carbocycles. The fraction of sp³-hybridized carbons (Fsp3) is 0.143. The zero-order valence-corrected chi connectivity index (χ0v) is 11.1. The second-order valence-corrected chi connectivity index (χ2v) is 4.82. The van der Waals surface area contributed by atoms with Gasteiger partial charge < -0.3 is 5.73 Å². The van der Waals surface area contributed by atoms with Crippen LogP contribution in [-0.2, 0) is 6.42 Å². The maximum Gasteiger partial charge on any atom is 0.131 e. The predicted molar refractivity (Wildman–Crippen MR) is 74.6 cm³/mol. The maximum absolute atomic E-state index is 13.9. The van der Waals surface area contributed by atoms with Crippen molar-refractivity contribution in [3.05, 3.63) is 57.8 Å². The molecule has 0 fully saturated rings. The molecule has 0 spiro atoms. The van der Waals surface area contributed by atoms with Crippen LogP contribution in [0.25, 0.3) is 11.1 Å². The zero-order valence-electron chi connectivity index (χ0n) is 9.59. The van der Waals surface area contributed by atoms with Crippen LogP contribution in [0.3, 0.4) is 0 Å². The molecule has 0 bridgehead atoms. The monoisotopic (exact) mass is 283 g/mol. The Morgan fingerprint density at radius 3 is 2.50 bits per heavy atom. The Balaban J connectivity index is 2.55. The van der Waals surface area contributed by atoms with Crippen molar-refractivity contribution in [2.24, 2.45) is 5.73 Å². The van der Waals surface area contributed by atoms with E-state index in [1.54, 1.807) is 30.3 Å². The largest absolute Gasteiger partial charge is 0.330 e. The molecule has 0 aliphatic rings. The fourth-order valence-electron chi connectivity index (χ4n) is 1.80. The van der Waals surface area contributed by atoms with Crippen molar-refractivity contribution in [2.45, 2.75) is 6.42 Å². The minimum absolute atomic E-state index is 0.320. The first kappa shape index (κ1) is 13.3. The first-order valence-corrected chi connectivity index (χ1v) is 6.31. The van der Waals surface area contributed by atoms with Gasteiger partial charge in [0.25, 0.3) is 0 Å². The number of hydrogen-bond donors (Lipinski definition) is 1. The molecule has 1 nitrogen and oxygen atoms in total. The maximum atomic E-state index is 13.9. The molecule has 0 heterocycles. The van der Waals surface area contributed by atoms with Crippen LogP contribution in [0.1, 0.15) is 5.56 Å². The van der Waals surface area contributed by atoms with E-state index >= 15 is 0 Å². The highest BCUT2D eigenvalue weighted by molar-refractivity contribution is 6.35. The van der Waals surface area contributed by atoms with Crippen LogP contribution in [-0.4, -0.2) is 6.54 Å². The Morgan fingerprint density at radius 2 is 1.78 bits per heavy atom. The van der Waals surface area contributed by atoms with Gasteiger partial charge in [0, 0.05) is 21.2 Å². The fourth-order valence-corrected chi connectivity index (χ4v) is 2.20. The molecule has 0 radical (unpaired) electrons. The predicted octanol–water partition coefficient (Wildman–Crippen LogP) is 4.30. The van der Waals surface area contributed by atoms with Crippen LogP contribution in [0, 0.1) is 5.82 Å². The minimum atomic E-state index is -0.320. The highest BCUT2D eigenvalue weighted by atomic mass is 35.5. The molecule has 2 rings (SSSR count). The van der Waals surface area contributed by atoms with Gasteiger partial charge in [0.1, 0.15) is 5.82 Å². The molecule has 0 unspecified atom stereocenters. The van der Waals surface area contributed by atoms with Crippen molar-refractivity contribution in [1.82, 2.24) is 0 Å². The SMILES string of the molecule is NCCc1ccc(F)c(-c2cc(Cl)ccc2Cl)c1. The normalized spacial score (nSPS) is 10.7. The lowest BCUT2D eigenvalue weighted by atomic mass is 10.0. The van der Waals surface area contributed by atoms with E-state index in [1.165, 1.54) is 6.07 Å². The van der Waals surface area contributed by atoms with Crippen LogP contribution >= 0.6 is 23.2 Å². The summed E-state index contributed by atoms with van der Waals surface area (Å²) in [5.41, 5.74) is 7.53. The van der Waals surface area contributed by atoms with Gasteiger partial charge in [-0.05, 0) is 48.9 Å². The Bertz CT molecular complexity index is 570. The molecule has 0 aromatic heterocycles. The van der Waals surface area contributed by atoms with E-state index in [9.17, 15) is 4.39 Å². The topological polar surface area (TPSA) is 26.0 Å². The van der Waals surface area contributed by atoms with Gasteiger partial charge in [-0.25, -0.2) is 4.39 Å². The van der Waals surface area contributed by atoms with E-state index < -0.39 is 0 Å². The Labute approximate surface area is 115 Å². The average molecular weight is 284 g/mol. The Kier molecular flexibility index (Phi) is 4.23. The molecule has 0 amide bonds. The van der Waals surface area contributed by atoms with Gasteiger partial charge in [-0.2, -0.15) is 0 Å². The molecule has 0 aliphatic heterocycles. The van der Waals surface area contributed by atoms with Crippen molar-refractivity contribution < 1.29 is 4.39 Å². The van der Waals surface area contributed by atoms with Crippen molar-refractivity contribution in [3.63, 3.8) is 0 Å². The molecule has 4 heteroatoms. The van der Waals surface area contributed by atoms with Crippen molar-refractivity contribution in [1.29, 1.82) is 0 Å². The van der Waals surface area contributed by atoms with Gasteiger partial charge in [0.15, 0.2) is 0 Å². The lowest BCUT2D eigenvalue weighted by Crippen LogP contribution is -2.03. The van der Waals surface area contributed by atoms with Crippen LogP contribution in [0.5, 0.6) is 0 Å². The second-order valence-electron chi connectivity index (χ2n) is 3.98. The number of hydrogen-bond acceptors (Lipinski definition) is 1. The first-order valence-electron chi connectivity index (χ1n) is 5.55. The van der Waals surface area contributed by atoms with E-state index in [1.807, 2.05) is 0 Å². The van der Waals surface area contributed by atoms with Crippen LogP contribution in [0.15, 0.2) is 36.4 Å². The highest BCUT2D eigenvalue weighted by Gasteiger charge is 2.10. The third-order valence-corrected chi connectivity index (χ3v) is 3.25. The van der Waals surface area contributed by atoms with E-state index in [4.69, 9.17) is 28.9 Å². The molecule has 0 saturated carbocycles. The van der Waals surface area contributed by atoms with E-state index in [-0.39, 0.29) is 5.82 Å². The summed E-state index contributed by atoms with van der Waals surface area (Å²) in [5.74, 6) is -0.320. The quantitative estimate of drug-likeness (QED) is 0.893. The number of nitrogens with two attached hydrogens (primary N) is 1. The molecule has 2 aromatic carbocycles. The smallest absolute Gasteiger partial charge is 0.131 e. The molecular weight excluding hydrogens is 272 g/mol. The molecule has 0 atom stereocenters. The van der Waals surface area contributed by atoms with Gasteiger partial charge in [0.05, 0.1) is 0 Å². The molecule has 0 saturated heterocycles. The standard InChI is InChI=1S/C14H12Cl2FN/c15-10-2-3-13(16)11(8-10)12-7-9(5-6-18)1-4-14(12)17/h1-4,7-8H,5-6,18H2. The summed E-state index contributed by atoms with van der Waals surface area (Å²) in [5, 5.41) is 1.00. The summed E-state index contributed by atoms with van der Waals surface area (Å²) in [4.78, 5) is 0. The van der Waals surface area contributed by atoms with Gasteiger partial charge >= 0.3 is 0 Å². The summed E-state index contributed by atoms with van der Waals surface area (Å²) in [7, 11) is 0. The third-order valence-electron chi connectivity index (χ3n) is 2.68. The van der Waals surface area contributed by atoms with E-state index in [0.29, 0.717) is 34.1 Å². The molecule has 2 aromatic rings. The first-order chi connectivity index (χ1) is 8.61. The lowest BCUT2D eigenvalue weighted by Gasteiger charge is -2.09. The van der Waals surface area contributed by atoms with Gasteiger partial charge in [0.2, 0.25) is 0 Å². The Morgan fingerprint density at radius 1 is 1.00 bits per heavy atom. The van der Waals surface area contributed by atoms with Gasteiger partial charge in [-0.15, -0.1) is 0 Å². The summed E-state index contributed by atoms with van der Waals surface area (Å²) < 4.78 is 13.9. The van der Waals surface area contributed by atoms with Crippen LogP contribution < -0.4 is 5.73 Å². The summed E-state index contributed by atoms with van der Waals surface area (Å²) >= 11 is 12.0. The summed E-state index contributed by atoms with van der Waals surface area (Å²) in [6, 6.07) is 9.92. The minimum Gasteiger partial charge on any atom is -0.330 e. The number of rotatable bonds is 3. The number of benzene rings is 2. The molecular formula is C14H12Cl2FN. The summed E-state index contributed by atoms with van der Waals surface area (Å²) in [6.45, 7) is 0.522. The number of halogens is 3. The highest BCUT2D eigenvalue weighted by Crippen LogP contribution is 2.32. The van der Waals surface area contributed by atoms with Crippen molar-refractivity contribution in [3.8, 4) is 11.1 Å². The lowest BCUT2D eigenvalue weighted by molar-refractivity contribution is 0.630. The zero-order chi connectivity index (χ0) is 13.1. The summed E-state index contributed by atoms with van der Waals surface area (Å²) in [6.07, 6.45) is 0.700. The van der Waals surface area contributed by atoms with E-state index in [2.05, 4.69) is 0 Å².